The molecule has 1 saturated heterocycles. The van der Waals surface area contributed by atoms with Crippen molar-refractivity contribution < 1.29 is 19.1 Å². The van der Waals surface area contributed by atoms with Crippen LogP contribution in [0.4, 0.5) is 10.5 Å². The maximum Gasteiger partial charge on any atom is 0.338 e. The molecule has 2 amide bonds. The van der Waals surface area contributed by atoms with Gasteiger partial charge in [-0.2, -0.15) is 0 Å². The molecule has 6 nitrogen and oxygen atoms in total. The van der Waals surface area contributed by atoms with E-state index in [9.17, 15) is 14.4 Å². The number of hydrogen-bond acceptors (Lipinski definition) is 6. The summed E-state index contributed by atoms with van der Waals surface area (Å²) in [5.74, 6) is -0.717. The fourth-order valence-corrected chi connectivity index (χ4v) is 3.85. The normalized spacial score (nSPS) is 15.2. The number of thioether (sulfide) groups is 1. The summed E-state index contributed by atoms with van der Waals surface area (Å²) in [6.45, 7) is 2.11. The maximum absolute atomic E-state index is 12.6. The first-order chi connectivity index (χ1) is 13.5. The lowest BCUT2D eigenvalue weighted by molar-refractivity contribution is -0.122. The van der Waals surface area contributed by atoms with Crippen LogP contribution in [0, 0.1) is 3.57 Å². The molecule has 0 spiro atoms. The quantitative estimate of drug-likeness (QED) is 0.350. The standard InChI is InChI=1S/C20H17IN2O4S/c1-2-27-19(25)13-7-9-15(10-8-13)22-12-23-18(24)17(28-20(23)26)11-14-5-3-4-6-16(14)21/h3-11,22H,2,12H2,1H3/b17-11-. The molecular formula is C20H17IN2O4S. The zero-order valence-corrected chi connectivity index (χ0v) is 18.0. The predicted octanol–water partition coefficient (Wildman–Crippen LogP) is 4.57. The molecule has 0 atom stereocenters. The highest BCUT2D eigenvalue weighted by atomic mass is 127. The molecule has 0 saturated carbocycles. The van der Waals surface area contributed by atoms with Crippen molar-refractivity contribution in [3.05, 3.63) is 68.1 Å². The molecule has 3 rings (SSSR count). The zero-order valence-electron chi connectivity index (χ0n) is 15.0. The monoisotopic (exact) mass is 508 g/mol. The molecule has 144 valence electrons. The number of hydrogen-bond donors (Lipinski definition) is 1. The van der Waals surface area contributed by atoms with Gasteiger partial charge in [-0.3, -0.25) is 14.5 Å². The van der Waals surface area contributed by atoms with Crippen LogP contribution in [0.1, 0.15) is 22.8 Å². The van der Waals surface area contributed by atoms with Crippen LogP contribution in [-0.4, -0.2) is 35.3 Å². The number of esters is 1. The van der Waals surface area contributed by atoms with Gasteiger partial charge in [-0.05, 0) is 83.2 Å². The minimum absolute atomic E-state index is 0.0483. The van der Waals surface area contributed by atoms with Crippen molar-refractivity contribution in [2.45, 2.75) is 6.92 Å². The number of halogens is 1. The lowest BCUT2D eigenvalue weighted by Gasteiger charge is -2.14. The van der Waals surface area contributed by atoms with Gasteiger partial charge in [0.1, 0.15) is 0 Å². The summed E-state index contributed by atoms with van der Waals surface area (Å²) < 4.78 is 5.95. The van der Waals surface area contributed by atoms with Crippen LogP contribution >= 0.6 is 34.4 Å². The Morgan fingerprint density at radius 3 is 2.57 bits per heavy atom. The van der Waals surface area contributed by atoms with Crippen molar-refractivity contribution in [2.75, 3.05) is 18.6 Å². The number of nitrogens with one attached hydrogen (secondary N) is 1. The summed E-state index contributed by atoms with van der Waals surface area (Å²) in [6, 6.07) is 14.3. The first kappa shape index (κ1) is 20.4. The molecule has 1 fully saturated rings. The molecule has 0 radical (unpaired) electrons. The number of anilines is 1. The van der Waals surface area contributed by atoms with Crippen LogP contribution in [0.5, 0.6) is 0 Å². The van der Waals surface area contributed by atoms with Gasteiger partial charge in [0.25, 0.3) is 11.1 Å². The second kappa shape index (κ2) is 9.24. The van der Waals surface area contributed by atoms with Crippen LogP contribution in [-0.2, 0) is 9.53 Å². The summed E-state index contributed by atoms with van der Waals surface area (Å²) in [4.78, 5) is 38.0. The summed E-state index contributed by atoms with van der Waals surface area (Å²) >= 11 is 3.12. The zero-order chi connectivity index (χ0) is 20.1. The Balaban J connectivity index is 1.65. The molecule has 0 aliphatic carbocycles. The number of carbonyl (C=O) groups is 3. The molecule has 1 N–H and O–H groups in total. The van der Waals surface area contributed by atoms with Gasteiger partial charge in [0.05, 0.1) is 23.7 Å². The second-order valence-corrected chi connectivity index (χ2v) is 7.92. The van der Waals surface area contributed by atoms with Crippen molar-refractivity contribution in [3.8, 4) is 0 Å². The summed E-state index contributed by atoms with van der Waals surface area (Å²) in [5.41, 5.74) is 2.03. The van der Waals surface area contributed by atoms with Crippen molar-refractivity contribution in [3.63, 3.8) is 0 Å². The van der Waals surface area contributed by atoms with E-state index in [1.54, 1.807) is 37.3 Å². The Bertz CT molecular complexity index is 943. The molecule has 8 heteroatoms. The predicted molar refractivity (Wildman–Crippen MR) is 118 cm³/mol. The van der Waals surface area contributed by atoms with Gasteiger partial charge in [-0.1, -0.05) is 18.2 Å². The van der Waals surface area contributed by atoms with Gasteiger partial charge < -0.3 is 10.1 Å². The Morgan fingerprint density at radius 1 is 1.18 bits per heavy atom. The summed E-state index contributed by atoms with van der Waals surface area (Å²) in [6.07, 6.45) is 1.74. The number of nitrogens with zero attached hydrogens (tertiary/aromatic N) is 1. The third kappa shape index (κ3) is 4.74. The van der Waals surface area contributed by atoms with Crippen molar-refractivity contribution >= 4 is 63.2 Å². The topological polar surface area (TPSA) is 75.7 Å². The first-order valence-corrected chi connectivity index (χ1v) is 10.4. The Hall–Kier alpha value is -2.33. The van der Waals surface area contributed by atoms with Gasteiger partial charge in [0, 0.05) is 9.26 Å². The fraction of sp³-hybridized carbons (Fsp3) is 0.150. The van der Waals surface area contributed by atoms with E-state index in [1.165, 1.54) is 0 Å². The van der Waals surface area contributed by atoms with E-state index in [4.69, 9.17) is 4.74 Å². The van der Waals surface area contributed by atoms with Crippen LogP contribution in [0.25, 0.3) is 6.08 Å². The average molecular weight is 508 g/mol. The lowest BCUT2D eigenvalue weighted by Crippen LogP contribution is -2.33. The molecule has 0 aromatic heterocycles. The van der Waals surface area contributed by atoms with Crippen molar-refractivity contribution in [1.29, 1.82) is 0 Å². The van der Waals surface area contributed by atoms with E-state index >= 15 is 0 Å². The van der Waals surface area contributed by atoms with Crippen molar-refractivity contribution in [2.24, 2.45) is 0 Å². The van der Waals surface area contributed by atoms with E-state index in [0.29, 0.717) is 22.8 Å². The van der Waals surface area contributed by atoms with E-state index in [0.717, 1.165) is 25.8 Å². The molecular weight excluding hydrogens is 491 g/mol. The summed E-state index contributed by atoms with van der Waals surface area (Å²) in [5, 5.41) is 2.71. The molecule has 2 aromatic rings. The van der Waals surface area contributed by atoms with Gasteiger partial charge in [0.2, 0.25) is 0 Å². The van der Waals surface area contributed by atoms with Gasteiger partial charge in [-0.25, -0.2) is 4.79 Å². The number of imide groups is 1. The fourth-order valence-electron chi connectivity index (χ4n) is 2.48. The number of ether oxygens (including phenoxy) is 1. The molecule has 1 aliphatic heterocycles. The highest BCUT2D eigenvalue weighted by Crippen LogP contribution is 2.32. The number of benzene rings is 2. The van der Waals surface area contributed by atoms with Gasteiger partial charge in [0.15, 0.2) is 0 Å². The van der Waals surface area contributed by atoms with Crippen molar-refractivity contribution in [1.82, 2.24) is 4.90 Å². The lowest BCUT2D eigenvalue weighted by atomic mass is 10.2. The minimum atomic E-state index is -0.388. The first-order valence-electron chi connectivity index (χ1n) is 8.50. The maximum atomic E-state index is 12.6. The van der Waals surface area contributed by atoms with Crippen LogP contribution in [0.2, 0.25) is 0 Å². The largest absolute Gasteiger partial charge is 0.462 e. The van der Waals surface area contributed by atoms with E-state index < -0.39 is 0 Å². The Morgan fingerprint density at radius 2 is 1.89 bits per heavy atom. The molecule has 2 aromatic carbocycles. The highest BCUT2D eigenvalue weighted by molar-refractivity contribution is 14.1. The number of rotatable bonds is 6. The van der Waals surface area contributed by atoms with E-state index in [1.807, 2.05) is 24.3 Å². The third-order valence-corrected chi connectivity index (χ3v) is 5.79. The molecule has 28 heavy (non-hydrogen) atoms. The van der Waals surface area contributed by atoms with Gasteiger partial charge in [-0.15, -0.1) is 0 Å². The van der Waals surface area contributed by atoms with Crippen LogP contribution < -0.4 is 5.32 Å². The second-order valence-electron chi connectivity index (χ2n) is 5.76. The van der Waals surface area contributed by atoms with Crippen LogP contribution in [0.15, 0.2) is 53.4 Å². The number of carbonyl (C=O) groups excluding carboxylic acids is 3. The average Bonchev–Trinajstić information content (AvgIpc) is 2.95. The van der Waals surface area contributed by atoms with E-state index in [-0.39, 0.29) is 23.8 Å². The van der Waals surface area contributed by atoms with Gasteiger partial charge >= 0.3 is 5.97 Å². The van der Waals surface area contributed by atoms with E-state index in [2.05, 4.69) is 27.9 Å². The molecule has 0 bridgehead atoms. The summed E-state index contributed by atoms with van der Waals surface area (Å²) in [7, 11) is 0. The minimum Gasteiger partial charge on any atom is -0.462 e. The molecule has 0 unspecified atom stereocenters. The third-order valence-electron chi connectivity index (χ3n) is 3.90. The molecule has 1 aliphatic rings. The number of amides is 2. The van der Waals surface area contributed by atoms with Crippen LogP contribution in [0.3, 0.4) is 0 Å². The Labute approximate surface area is 180 Å². The Kier molecular flexibility index (Phi) is 6.74. The smallest absolute Gasteiger partial charge is 0.338 e. The SMILES string of the molecule is CCOC(=O)c1ccc(NCN2C(=O)S/C(=C\c3ccccc3I)C2=O)cc1. The molecule has 1 heterocycles. The highest BCUT2D eigenvalue weighted by Gasteiger charge is 2.34.